The summed E-state index contributed by atoms with van der Waals surface area (Å²) in [5.74, 6) is -0.423. The van der Waals surface area contributed by atoms with Crippen LogP contribution in [0.4, 0.5) is 0 Å². The smallest absolute Gasteiger partial charge is 0.306 e. The van der Waals surface area contributed by atoms with Gasteiger partial charge in [-0.05, 0) is 96.3 Å². The molecule has 0 amide bonds. The van der Waals surface area contributed by atoms with Crippen LogP contribution in [0.15, 0.2) is 72.9 Å². The van der Waals surface area contributed by atoms with Gasteiger partial charge < -0.3 is 14.2 Å². The summed E-state index contributed by atoms with van der Waals surface area (Å²) in [5, 5.41) is 0. The zero-order chi connectivity index (χ0) is 44.9. The largest absolute Gasteiger partial charge is 0.462 e. The van der Waals surface area contributed by atoms with Gasteiger partial charge in [0.05, 0.1) is 6.61 Å². The molecule has 0 aromatic rings. The molecule has 0 saturated heterocycles. The van der Waals surface area contributed by atoms with Crippen molar-refractivity contribution in [3.05, 3.63) is 72.9 Å². The molecule has 0 heterocycles. The molecule has 5 nitrogen and oxygen atoms in total. The van der Waals surface area contributed by atoms with Gasteiger partial charge in [-0.2, -0.15) is 0 Å². The molecular weight excluding hydrogens is 765 g/mol. The second-order valence-corrected chi connectivity index (χ2v) is 17.4. The molecule has 1 atom stereocenters. The molecule has 0 saturated carbocycles. The van der Waals surface area contributed by atoms with E-state index in [1.165, 1.54) is 128 Å². The van der Waals surface area contributed by atoms with E-state index in [1.807, 2.05) is 0 Å². The molecule has 0 fully saturated rings. The molecule has 0 aliphatic carbocycles. The third kappa shape index (κ3) is 50.0. The van der Waals surface area contributed by atoms with Crippen LogP contribution in [0.1, 0.15) is 252 Å². The molecule has 358 valence electrons. The highest BCUT2D eigenvalue weighted by Crippen LogP contribution is 2.13. The van der Waals surface area contributed by atoms with Crippen LogP contribution in [-0.4, -0.2) is 37.9 Å². The molecule has 0 bridgehead atoms. The maximum atomic E-state index is 12.8. The molecule has 0 aromatic heterocycles. The standard InChI is InChI=1S/C57H100O5/c1-4-7-10-13-16-19-21-23-25-27-29-31-33-35-37-39-41-44-47-50-56(58)61-54-55(53-60-52-49-46-43-18-15-12-9-6-3)62-57(59)51-48-45-42-40-38-36-34-32-30-28-26-24-22-20-17-14-11-8-5-2/h16-17,19-20,23-26,29-32,55H,4-15,18,21-22,27-28,33-54H2,1-3H3/b19-16-,20-17-,25-23-,26-24-,31-29-,32-30-. The summed E-state index contributed by atoms with van der Waals surface area (Å²) in [6.07, 6.45) is 67.6. The normalized spacial score (nSPS) is 12.8. The van der Waals surface area contributed by atoms with Gasteiger partial charge in [0.1, 0.15) is 6.61 Å². The maximum absolute atomic E-state index is 12.8. The van der Waals surface area contributed by atoms with Crippen LogP contribution in [0, 0.1) is 0 Å². The Morgan fingerprint density at radius 1 is 0.355 bits per heavy atom. The number of carbonyl (C=O) groups excluding carboxylic acids is 2. The molecule has 0 aromatic carbocycles. The second kappa shape index (κ2) is 52.7. The highest BCUT2D eigenvalue weighted by molar-refractivity contribution is 5.70. The topological polar surface area (TPSA) is 61.8 Å². The Hall–Kier alpha value is -2.66. The van der Waals surface area contributed by atoms with Crippen molar-refractivity contribution < 1.29 is 23.8 Å². The SMILES string of the molecule is CCCCC/C=C\C/C=C\C/C=C\CCCCCCCCC(=O)OCC(COCCCCCCCCCC)OC(=O)CCCCCCCC/C=C\C/C=C\C/C=C\CCCCC. The number of esters is 2. The molecule has 0 aliphatic rings. The van der Waals surface area contributed by atoms with E-state index in [4.69, 9.17) is 14.2 Å². The minimum Gasteiger partial charge on any atom is -0.462 e. The van der Waals surface area contributed by atoms with Gasteiger partial charge in [-0.25, -0.2) is 0 Å². The minimum atomic E-state index is -0.548. The van der Waals surface area contributed by atoms with Crippen molar-refractivity contribution in [3.63, 3.8) is 0 Å². The van der Waals surface area contributed by atoms with Gasteiger partial charge in [-0.15, -0.1) is 0 Å². The van der Waals surface area contributed by atoms with E-state index in [0.29, 0.717) is 19.4 Å². The molecule has 0 spiro atoms. The van der Waals surface area contributed by atoms with E-state index in [9.17, 15) is 9.59 Å². The first-order valence-corrected chi connectivity index (χ1v) is 26.5. The van der Waals surface area contributed by atoms with Gasteiger partial charge in [0.2, 0.25) is 0 Å². The number of allylic oxidation sites excluding steroid dienone is 12. The van der Waals surface area contributed by atoms with Crippen molar-refractivity contribution in [2.24, 2.45) is 0 Å². The molecule has 5 heteroatoms. The Morgan fingerprint density at radius 2 is 0.677 bits per heavy atom. The second-order valence-electron chi connectivity index (χ2n) is 17.4. The Labute approximate surface area is 385 Å². The fourth-order valence-electron chi connectivity index (χ4n) is 7.23. The maximum Gasteiger partial charge on any atom is 0.306 e. The first kappa shape index (κ1) is 59.3. The third-order valence-corrected chi connectivity index (χ3v) is 11.2. The number of unbranched alkanes of at least 4 members (excludes halogenated alkanes) is 25. The Balaban J connectivity index is 4.20. The van der Waals surface area contributed by atoms with Crippen LogP contribution in [0.2, 0.25) is 0 Å². The van der Waals surface area contributed by atoms with Crippen LogP contribution in [0.5, 0.6) is 0 Å². The van der Waals surface area contributed by atoms with E-state index < -0.39 is 6.10 Å². The lowest BCUT2D eigenvalue weighted by Gasteiger charge is -2.18. The molecule has 1 unspecified atom stereocenters. The Bertz CT molecular complexity index is 1110. The van der Waals surface area contributed by atoms with Crippen molar-refractivity contribution in [3.8, 4) is 0 Å². The molecule has 62 heavy (non-hydrogen) atoms. The summed E-state index contributed by atoms with van der Waals surface area (Å²) < 4.78 is 17.3. The predicted molar refractivity (Wildman–Crippen MR) is 270 cm³/mol. The average molecular weight is 865 g/mol. The zero-order valence-corrected chi connectivity index (χ0v) is 41.1. The van der Waals surface area contributed by atoms with Crippen molar-refractivity contribution in [1.29, 1.82) is 0 Å². The zero-order valence-electron chi connectivity index (χ0n) is 41.1. The van der Waals surface area contributed by atoms with Crippen molar-refractivity contribution in [2.45, 2.75) is 258 Å². The average Bonchev–Trinajstić information content (AvgIpc) is 3.27. The van der Waals surface area contributed by atoms with Gasteiger partial charge in [0.25, 0.3) is 0 Å². The van der Waals surface area contributed by atoms with Crippen LogP contribution in [0.3, 0.4) is 0 Å². The van der Waals surface area contributed by atoms with Crippen LogP contribution in [0.25, 0.3) is 0 Å². The summed E-state index contributed by atoms with van der Waals surface area (Å²) in [5.41, 5.74) is 0. The Kier molecular flexibility index (Phi) is 50.4. The quantitative estimate of drug-likeness (QED) is 0.0346. The lowest BCUT2D eigenvalue weighted by atomic mass is 10.1. The fraction of sp³-hybridized carbons (Fsp3) is 0.754. The van der Waals surface area contributed by atoms with Gasteiger partial charge >= 0.3 is 11.9 Å². The lowest BCUT2D eigenvalue weighted by molar-refractivity contribution is -0.163. The summed E-state index contributed by atoms with van der Waals surface area (Å²) in [6.45, 7) is 7.74. The van der Waals surface area contributed by atoms with E-state index in [2.05, 4.69) is 93.7 Å². The molecule has 0 radical (unpaired) electrons. The number of hydrogen-bond acceptors (Lipinski definition) is 5. The van der Waals surface area contributed by atoms with Crippen molar-refractivity contribution in [2.75, 3.05) is 19.8 Å². The predicted octanol–water partition coefficient (Wildman–Crippen LogP) is 17.9. The first-order valence-electron chi connectivity index (χ1n) is 26.5. The number of ether oxygens (including phenoxy) is 3. The minimum absolute atomic E-state index is 0.0722. The van der Waals surface area contributed by atoms with Crippen LogP contribution < -0.4 is 0 Å². The first-order chi connectivity index (χ1) is 30.6. The molecule has 0 rings (SSSR count). The van der Waals surface area contributed by atoms with Crippen molar-refractivity contribution in [1.82, 2.24) is 0 Å². The van der Waals surface area contributed by atoms with E-state index >= 15 is 0 Å². The fourth-order valence-corrected chi connectivity index (χ4v) is 7.23. The summed E-state index contributed by atoms with van der Waals surface area (Å²) in [7, 11) is 0. The number of carbonyl (C=O) groups is 2. The lowest BCUT2D eigenvalue weighted by Crippen LogP contribution is -2.30. The molecule has 0 N–H and O–H groups in total. The van der Waals surface area contributed by atoms with Crippen LogP contribution in [-0.2, 0) is 23.8 Å². The van der Waals surface area contributed by atoms with Gasteiger partial charge in [-0.3, -0.25) is 9.59 Å². The van der Waals surface area contributed by atoms with E-state index in [1.54, 1.807) is 0 Å². The monoisotopic (exact) mass is 865 g/mol. The van der Waals surface area contributed by atoms with Gasteiger partial charge in [-0.1, -0.05) is 216 Å². The van der Waals surface area contributed by atoms with Crippen molar-refractivity contribution >= 4 is 11.9 Å². The summed E-state index contributed by atoms with van der Waals surface area (Å²) >= 11 is 0. The van der Waals surface area contributed by atoms with Gasteiger partial charge in [0, 0.05) is 19.4 Å². The molecule has 0 aliphatic heterocycles. The number of rotatable bonds is 48. The van der Waals surface area contributed by atoms with Crippen LogP contribution >= 0.6 is 0 Å². The highest BCUT2D eigenvalue weighted by atomic mass is 16.6. The number of hydrogen-bond donors (Lipinski definition) is 0. The summed E-state index contributed by atoms with van der Waals surface area (Å²) in [6, 6.07) is 0. The summed E-state index contributed by atoms with van der Waals surface area (Å²) in [4.78, 5) is 25.4. The van der Waals surface area contributed by atoms with E-state index in [-0.39, 0.29) is 25.2 Å². The third-order valence-electron chi connectivity index (χ3n) is 11.2. The highest BCUT2D eigenvalue weighted by Gasteiger charge is 2.17. The Morgan fingerprint density at radius 3 is 1.11 bits per heavy atom. The van der Waals surface area contributed by atoms with Gasteiger partial charge in [0.15, 0.2) is 6.10 Å². The molecular formula is C57H100O5. The van der Waals surface area contributed by atoms with E-state index in [0.717, 1.165) is 89.9 Å².